The molecule has 5 heteroatoms. The number of anilines is 1. The highest BCUT2D eigenvalue weighted by molar-refractivity contribution is 6.30. The average Bonchev–Trinajstić information content (AvgIpc) is 2.47. The number of aryl methyl sites for hydroxylation is 1. The third kappa shape index (κ3) is 3.80. The molecule has 1 aromatic carbocycles. The molecule has 0 N–H and O–H groups in total. The summed E-state index contributed by atoms with van der Waals surface area (Å²) in [5.41, 5.74) is 2.39. The molecule has 0 bridgehead atoms. The summed E-state index contributed by atoms with van der Waals surface area (Å²) < 4.78 is 0. The molecule has 1 heterocycles. The maximum atomic E-state index is 11.9. The maximum Gasteiger partial charge on any atom is 0.222 e. The number of nitrogens with zero attached hydrogens (tertiary/aromatic N) is 2. The minimum absolute atomic E-state index is 0.216. The number of rotatable bonds is 4. The van der Waals surface area contributed by atoms with Crippen molar-refractivity contribution in [3.8, 4) is 0 Å². The van der Waals surface area contributed by atoms with Crippen LogP contribution in [0.4, 0.5) is 5.69 Å². The van der Waals surface area contributed by atoms with Gasteiger partial charge in [-0.15, -0.1) is 11.6 Å². The van der Waals surface area contributed by atoms with Crippen LogP contribution < -0.4 is 4.90 Å². The number of piperazine rings is 1. The van der Waals surface area contributed by atoms with Crippen LogP contribution in [0.5, 0.6) is 0 Å². The second kappa shape index (κ2) is 7.19. The summed E-state index contributed by atoms with van der Waals surface area (Å²) in [7, 11) is 0. The molecule has 3 nitrogen and oxygen atoms in total. The fourth-order valence-corrected chi connectivity index (χ4v) is 2.80. The van der Waals surface area contributed by atoms with E-state index in [1.54, 1.807) is 0 Å². The molecule has 0 aromatic heterocycles. The topological polar surface area (TPSA) is 23.6 Å². The summed E-state index contributed by atoms with van der Waals surface area (Å²) in [6, 6.07) is 5.95. The Labute approximate surface area is 130 Å². The van der Waals surface area contributed by atoms with Crippen molar-refractivity contribution in [3.05, 3.63) is 28.8 Å². The average molecular weight is 315 g/mol. The van der Waals surface area contributed by atoms with Crippen LogP contribution in [-0.4, -0.2) is 42.9 Å². The summed E-state index contributed by atoms with van der Waals surface area (Å²) >= 11 is 11.7. The van der Waals surface area contributed by atoms with Gasteiger partial charge in [0.1, 0.15) is 0 Å². The molecule has 1 aliphatic rings. The summed E-state index contributed by atoms with van der Waals surface area (Å²) in [5.74, 6) is 0.765. The van der Waals surface area contributed by atoms with Gasteiger partial charge in [-0.05, 0) is 31.0 Å². The van der Waals surface area contributed by atoms with Crippen LogP contribution >= 0.6 is 23.2 Å². The molecule has 20 heavy (non-hydrogen) atoms. The Morgan fingerprint density at radius 3 is 2.60 bits per heavy atom. The van der Waals surface area contributed by atoms with Gasteiger partial charge in [0.05, 0.1) is 0 Å². The van der Waals surface area contributed by atoms with Crippen molar-refractivity contribution in [1.82, 2.24) is 4.90 Å². The summed E-state index contributed by atoms with van der Waals surface area (Å²) in [6.07, 6.45) is 1.31. The van der Waals surface area contributed by atoms with E-state index in [2.05, 4.69) is 11.8 Å². The molecular weight excluding hydrogens is 295 g/mol. The second-order valence-electron chi connectivity index (χ2n) is 5.09. The van der Waals surface area contributed by atoms with E-state index in [0.29, 0.717) is 12.3 Å². The molecule has 110 valence electrons. The predicted octanol–water partition coefficient (Wildman–Crippen LogP) is 3.32. The summed E-state index contributed by atoms with van der Waals surface area (Å²) in [4.78, 5) is 16.2. The SMILES string of the molecule is Cc1ccc(Cl)cc1N1CCN(C(=O)CCCCl)CC1. The van der Waals surface area contributed by atoms with Gasteiger partial charge in [-0.3, -0.25) is 4.79 Å². The van der Waals surface area contributed by atoms with Gasteiger partial charge in [-0.25, -0.2) is 0 Å². The van der Waals surface area contributed by atoms with Crippen LogP contribution in [-0.2, 0) is 4.79 Å². The minimum atomic E-state index is 0.216. The van der Waals surface area contributed by atoms with Crippen molar-refractivity contribution >= 4 is 34.8 Å². The molecule has 0 spiro atoms. The van der Waals surface area contributed by atoms with E-state index >= 15 is 0 Å². The zero-order valence-electron chi connectivity index (χ0n) is 11.7. The van der Waals surface area contributed by atoms with E-state index < -0.39 is 0 Å². The van der Waals surface area contributed by atoms with E-state index in [4.69, 9.17) is 23.2 Å². The first-order valence-corrected chi connectivity index (χ1v) is 7.88. The normalized spacial score (nSPS) is 15.6. The van der Waals surface area contributed by atoms with Crippen LogP contribution in [0.3, 0.4) is 0 Å². The van der Waals surface area contributed by atoms with Gasteiger partial charge in [0.2, 0.25) is 5.91 Å². The van der Waals surface area contributed by atoms with Crippen LogP contribution in [0.25, 0.3) is 0 Å². The van der Waals surface area contributed by atoms with Crippen molar-refractivity contribution in [2.24, 2.45) is 0 Å². The predicted molar refractivity (Wildman–Crippen MR) is 84.9 cm³/mol. The molecule has 0 unspecified atom stereocenters. The van der Waals surface area contributed by atoms with Crippen LogP contribution in [0.2, 0.25) is 5.02 Å². The van der Waals surface area contributed by atoms with E-state index in [0.717, 1.165) is 37.6 Å². The molecule has 1 aliphatic heterocycles. The molecule has 0 atom stereocenters. The number of hydrogen-bond donors (Lipinski definition) is 0. The van der Waals surface area contributed by atoms with Crippen LogP contribution in [0, 0.1) is 6.92 Å². The Balaban J connectivity index is 1.94. The van der Waals surface area contributed by atoms with E-state index in [9.17, 15) is 4.79 Å². The van der Waals surface area contributed by atoms with Gasteiger partial charge in [0.25, 0.3) is 0 Å². The molecule has 2 rings (SSSR count). The van der Waals surface area contributed by atoms with Gasteiger partial charge in [-0.2, -0.15) is 0 Å². The molecule has 0 radical (unpaired) electrons. The highest BCUT2D eigenvalue weighted by Gasteiger charge is 2.21. The summed E-state index contributed by atoms with van der Waals surface area (Å²) in [5, 5.41) is 0.756. The monoisotopic (exact) mass is 314 g/mol. The minimum Gasteiger partial charge on any atom is -0.368 e. The number of carbonyl (C=O) groups is 1. The molecule has 1 saturated heterocycles. The van der Waals surface area contributed by atoms with E-state index in [1.165, 1.54) is 11.3 Å². The Kier molecular flexibility index (Phi) is 5.55. The quantitative estimate of drug-likeness (QED) is 0.796. The molecule has 0 aliphatic carbocycles. The molecule has 1 amide bonds. The number of amides is 1. The van der Waals surface area contributed by atoms with Crippen LogP contribution in [0.1, 0.15) is 18.4 Å². The first-order chi connectivity index (χ1) is 9.61. The standard InChI is InChI=1S/C15H20Cl2N2O/c1-12-4-5-13(17)11-14(12)18-7-9-19(10-8-18)15(20)3-2-6-16/h4-5,11H,2-3,6-10H2,1H3. The largest absolute Gasteiger partial charge is 0.368 e. The molecule has 1 aromatic rings. The first-order valence-electron chi connectivity index (χ1n) is 6.96. The van der Waals surface area contributed by atoms with E-state index in [-0.39, 0.29) is 5.91 Å². The zero-order chi connectivity index (χ0) is 14.5. The lowest BCUT2D eigenvalue weighted by Crippen LogP contribution is -2.49. The highest BCUT2D eigenvalue weighted by atomic mass is 35.5. The number of halogens is 2. The van der Waals surface area contributed by atoms with Crippen molar-refractivity contribution in [2.75, 3.05) is 37.0 Å². The lowest BCUT2D eigenvalue weighted by molar-refractivity contribution is -0.131. The Bertz CT molecular complexity index is 471. The van der Waals surface area contributed by atoms with Crippen LogP contribution in [0.15, 0.2) is 18.2 Å². The molecule has 1 fully saturated rings. The van der Waals surface area contributed by atoms with Gasteiger partial charge >= 0.3 is 0 Å². The van der Waals surface area contributed by atoms with Gasteiger partial charge < -0.3 is 9.80 Å². The van der Waals surface area contributed by atoms with Crippen molar-refractivity contribution in [1.29, 1.82) is 0 Å². The molecular formula is C15H20Cl2N2O. The fourth-order valence-electron chi connectivity index (χ4n) is 2.50. The molecule has 0 saturated carbocycles. The smallest absolute Gasteiger partial charge is 0.222 e. The van der Waals surface area contributed by atoms with Gasteiger partial charge in [0, 0.05) is 49.2 Å². The lowest BCUT2D eigenvalue weighted by Gasteiger charge is -2.37. The first kappa shape index (κ1) is 15.5. The third-order valence-corrected chi connectivity index (χ3v) is 4.17. The van der Waals surface area contributed by atoms with Crippen molar-refractivity contribution in [2.45, 2.75) is 19.8 Å². The lowest BCUT2D eigenvalue weighted by atomic mass is 10.1. The second-order valence-corrected chi connectivity index (χ2v) is 5.91. The number of alkyl halides is 1. The van der Waals surface area contributed by atoms with Crippen molar-refractivity contribution < 1.29 is 4.79 Å². The number of hydrogen-bond acceptors (Lipinski definition) is 2. The fraction of sp³-hybridized carbons (Fsp3) is 0.533. The maximum absolute atomic E-state index is 11.9. The Morgan fingerprint density at radius 2 is 1.95 bits per heavy atom. The highest BCUT2D eigenvalue weighted by Crippen LogP contribution is 2.25. The summed E-state index contributed by atoms with van der Waals surface area (Å²) in [6.45, 7) is 5.34. The van der Waals surface area contributed by atoms with Gasteiger partial charge in [0.15, 0.2) is 0 Å². The number of carbonyl (C=O) groups excluding carboxylic acids is 1. The third-order valence-electron chi connectivity index (χ3n) is 3.67. The Hall–Kier alpha value is -0.930. The Morgan fingerprint density at radius 1 is 1.25 bits per heavy atom. The van der Waals surface area contributed by atoms with Gasteiger partial charge in [-0.1, -0.05) is 17.7 Å². The van der Waals surface area contributed by atoms with Crippen molar-refractivity contribution in [3.63, 3.8) is 0 Å². The number of benzene rings is 1. The zero-order valence-corrected chi connectivity index (χ0v) is 13.3. The van der Waals surface area contributed by atoms with E-state index in [1.807, 2.05) is 23.1 Å².